The number of nitrogens with one attached hydrogen (secondary N) is 3. The van der Waals surface area contributed by atoms with Gasteiger partial charge in [-0.1, -0.05) is 48.1 Å². The zero-order valence-corrected chi connectivity index (χ0v) is 17.0. The van der Waals surface area contributed by atoms with Gasteiger partial charge in [-0.25, -0.2) is 4.79 Å². The normalized spacial score (nSPS) is 23.1. The van der Waals surface area contributed by atoms with E-state index in [1.807, 2.05) is 30.0 Å². The number of rotatable bonds is 8. The summed E-state index contributed by atoms with van der Waals surface area (Å²) in [5.41, 5.74) is 1.18. The zero-order valence-electron chi connectivity index (χ0n) is 15.4. The number of thioether (sulfide) groups is 1. The fraction of sp³-hybridized carbons (Fsp3) is 0.474. The van der Waals surface area contributed by atoms with Gasteiger partial charge < -0.3 is 16.0 Å². The highest BCUT2D eigenvalue weighted by atomic mass is 32.2. The van der Waals surface area contributed by atoms with Crippen molar-refractivity contribution in [2.24, 2.45) is 0 Å². The van der Waals surface area contributed by atoms with Crippen LogP contribution in [0.1, 0.15) is 36.3 Å². The second kappa shape index (κ2) is 8.91. The molecule has 3 heterocycles. The molecule has 0 aliphatic carbocycles. The fourth-order valence-electron chi connectivity index (χ4n) is 3.60. The Hall–Kier alpha value is -2.13. The number of hydrogen-bond donors (Lipinski definition) is 3. The summed E-state index contributed by atoms with van der Waals surface area (Å²) in [5.74, 6) is 0.951. The van der Waals surface area contributed by atoms with Crippen molar-refractivity contribution < 1.29 is 9.59 Å². The van der Waals surface area contributed by atoms with Gasteiger partial charge in [0.15, 0.2) is 0 Å². The Morgan fingerprint density at radius 1 is 1.18 bits per heavy atom. The molecule has 2 saturated heterocycles. The average molecular weight is 418 g/mol. The van der Waals surface area contributed by atoms with Crippen LogP contribution in [0, 0.1) is 0 Å². The van der Waals surface area contributed by atoms with Crippen LogP contribution in [0.3, 0.4) is 0 Å². The van der Waals surface area contributed by atoms with E-state index < -0.39 is 0 Å². The van der Waals surface area contributed by atoms with E-state index in [1.165, 1.54) is 16.9 Å². The number of unbranched alkanes of at least 4 members (excludes halogenated alkanes) is 1. The Kier molecular flexibility index (Phi) is 6.11. The summed E-state index contributed by atoms with van der Waals surface area (Å²) in [5, 5.41) is 18.9. The van der Waals surface area contributed by atoms with E-state index in [4.69, 9.17) is 0 Å². The van der Waals surface area contributed by atoms with Crippen molar-refractivity contribution in [3.8, 4) is 0 Å². The summed E-state index contributed by atoms with van der Waals surface area (Å²) >= 11 is 3.33. The molecule has 0 saturated carbocycles. The molecule has 28 heavy (non-hydrogen) atoms. The maximum Gasteiger partial charge on any atom is 0.315 e. The van der Waals surface area contributed by atoms with E-state index in [1.54, 1.807) is 0 Å². The van der Waals surface area contributed by atoms with E-state index in [2.05, 4.69) is 38.3 Å². The number of aromatic nitrogens is 2. The van der Waals surface area contributed by atoms with Crippen molar-refractivity contribution in [2.45, 2.75) is 49.4 Å². The van der Waals surface area contributed by atoms with Crippen molar-refractivity contribution in [2.75, 3.05) is 11.1 Å². The molecule has 7 nitrogen and oxygen atoms in total. The van der Waals surface area contributed by atoms with E-state index in [0.717, 1.165) is 36.4 Å². The van der Waals surface area contributed by atoms with E-state index >= 15 is 0 Å². The highest BCUT2D eigenvalue weighted by Gasteiger charge is 2.42. The number of nitrogens with zero attached hydrogens (tertiary/aromatic N) is 2. The van der Waals surface area contributed by atoms with Crippen molar-refractivity contribution in [3.63, 3.8) is 0 Å². The summed E-state index contributed by atoms with van der Waals surface area (Å²) in [6.07, 6.45) is 4.02. The molecule has 0 bridgehead atoms. The third-order valence-corrected chi connectivity index (χ3v) is 7.34. The molecule has 2 aromatic rings. The molecule has 3 N–H and O–H groups in total. The molecule has 9 heteroatoms. The van der Waals surface area contributed by atoms with Gasteiger partial charge in [-0.15, -0.1) is 10.2 Å². The van der Waals surface area contributed by atoms with E-state index in [-0.39, 0.29) is 24.0 Å². The van der Waals surface area contributed by atoms with Crippen LogP contribution >= 0.6 is 23.1 Å². The highest BCUT2D eigenvalue weighted by molar-refractivity contribution is 8.00. The minimum Gasteiger partial charge on any atom is -0.332 e. The second-order valence-corrected chi connectivity index (χ2v) is 9.41. The van der Waals surface area contributed by atoms with Crippen molar-refractivity contribution in [3.05, 3.63) is 40.9 Å². The van der Waals surface area contributed by atoms with Crippen molar-refractivity contribution in [1.82, 2.24) is 20.8 Å². The third kappa shape index (κ3) is 4.82. The third-order valence-electron chi connectivity index (χ3n) is 4.99. The maximum atomic E-state index is 12.2. The molecule has 4 rings (SSSR count). The standard InChI is InChI=1S/C19H23N5O2S2/c25-15(9-5-4-8-14-17-13(11-27-14)20-18(26)22-17)21-19-24-23-16(28-19)10-12-6-2-1-3-7-12/h1-3,6-7,13-14,17H,4-5,8-11H2,(H2,20,22,26)(H,21,24,25)/t13-,14+,17-/m1/s1. The molecule has 2 aliphatic rings. The number of hydrogen-bond acceptors (Lipinski definition) is 6. The van der Waals surface area contributed by atoms with Crippen LogP contribution in [-0.2, 0) is 11.2 Å². The summed E-state index contributed by atoms with van der Waals surface area (Å²) in [6.45, 7) is 0. The average Bonchev–Trinajstić information content (AvgIpc) is 3.36. The molecule has 2 fully saturated rings. The summed E-state index contributed by atoms with van der Waals surface area (Å²) in [4.78, 5) is 23.6. The van der Waals surface area contributed by atoms with Crippen LogP contribution in [0.2, 0.25) is 0 Å². The quantitative estimate of drug-likeness (QED) is 0.453. The SMILES string of the molecule is O=C(CCCC[C@@H]1SC[C@H]2NC(=O)N[C@@H]12)Nc1nnc(Cc2ccccc2)s1. The van der Waals surface area contributed by atoms with Gasteiger partial charge in [0, 0.05) is 23.8 Å². The molecule has 0 radical (unpaired) electrons. The van der Waals surface area contributed by atoms with Crippen LogP contribution in [-0.4, -0.2) is 45.2 Å². The summed E-state index contributed by atoms with van der Waals surface area (Å²) in [6, 6.07) is 10.5. The lowest BCUT2D eigenvalue weighted by Crippen LogP contribution is -2.36. The van der Waals surface area contributed by atoms with Gasteiger partial charge in [0.05, 0.1) is 12.1 Å². The summed E-state index contributed by atoms with van der Waals surface area (Å²) < 4.78 is 0. The van der Waals surface area contributed by atoms with E-state index in [9.17, 15) is 9.59 Å². The molecule has 148 valence electrons. The first-order chi connectivity index (χ1) is 13.7. The predicted octanol–water partition coefficient (Wildman–Crippen LogP) is 2.79. The molecule has 2 aliphatic heterocycles. The van der Waals surface area contributed by atoms with Crippen LogP contribution in [0.25, 0.3) is 0 Å². The topological polar surface area (TPSA) is 96.0 Å². The Bertz CT molecular complexity index is 829. The van der Waals surface area contributed by atoms with Crippen LogP contribution in [0.4, 0.5) is 9.93 Å². The molecule has 1 aromatic heterocycles. The van der Waals surface area contributed by atoms with Crippen LogP contribution in [0.15, 0.2) is 30.3 Å². The fourth-order valence-corrected chi connectivity index (χ4v) is 5.94. The van der Waals surface area contributed by atoms with Gasteiger partial charge in [0.25, 0.3) is 0 Å². The van der Waals surface area contributed by atoms with E-state index in [0.29, 0.717) is 16.8 Å². The van der Waals surface area contributed by atoms with Gasteiger partial charge in [0.1, 0.15) is 5.01 Å². The number of amides is 3. The van der Waals surface area contributed by atoms with Gasteiger partial charge in [-0.05, 0) is 18.4 Å². The number of benzene rings is 1. The number of fused-ring (bicyclic) bond motifs is 1. The van der Waals surface area contributed by atoms with Crippen molar-refractivity contribution in [1.29, 1.82) is 0 Å². The first-order valence-electron chi connectivity index (χ1n) is 9.52. The molecular formula is C19H23N5O2S2. The predicted molar refractivity (Wildman–Crippen MR) is 112 cm³/mol. The van der Waals surface area contributed by atoms with Crippen LogP contribution in [0.5, 0.6) is 0 Å². The number of carbonyl (C=O) groups is 2. The first kappa shape index (κ1) is 19.2. The largest absolute Gasteiger partial charge is 0.332 e. The number of urea groups is 1. The molecule has 0 unspecified atom stereocenters. The lowest BCUT2D eigenvalue weighted by molar-refractivity contribution is -0.116. The maximum absolute atomic E-state index is 12.2. The smallest absolute Gasteiger partial charge is 0.315 e. The second-order valence-electron chi connectivity index (χ2n) is 7.08. The Balaban J connectivity index is 1.16. The summed E-state index contributed by atoms with van der Waals surface area (Å²) in [7, 11) is 0. The van der Waals surface area contributed by atoms with Gasteiger partial charge >= 0.3 is 6.03 Å². The Morgan fingerprint density at radius 3 is 2.89 bits per heavy atom. The van der Waals surface area contributed by atoms with Gasteiger partial charge in [-0.3, -0.25) is 4.79 Å². The lowest BCUT2D eigenvalue weighted by Gasteiger charge is -2.16. The number of carbonyl (C=O) groups excluding carboxylic acids is 2. The number of anilines is 1. The van der Waals surface area contributed by atoms with Crippen molar-refractivity contribution >= 4 is 40.2 Å². The minimum absolute atomic E-state index is 0.0183. The molecular weight excluding hydrogens is 394 g/mol. The molecule has 3 amide bonds. The van der Waals surface area contributed by atoms with Gasteiger partial charge in [-0.2, -0.15) is 11.8 Å². The first-order valence-corrected chi connectivity index (χ1v) is 11.4. The molecule has 1 aromatic carbocycles. The lowest BCUT2D eigenvalue weighted by atomic mass is 10.0. The highest BCUT2D eigenvalue weighted by Crippen LogP contribution is 2.33. The molecule has 3 atom stereocenters. The monoisotopic (exact) mass is 417 g/mol. The zero-order chi connectivity index (χ0) is 19.3. The molecule has 0 spiro atoms. The Labute approximate surface area is 172 Å². The van der Waals surface area contributed by atoms with Crippen LogP contribution < -0.4 is 16.0 Å². The Morgan fingerprint density at radius 2 is 2.04 bits per heavy atom. The minimum atomic E-state index is -0.0524. The van der Waals surface area contributed by atoms with Gasteiger partial charge in [0.2, 0.25) is 11.0 Å².